The van der Waals surface area contributed by atoms with E-state index in [1.807, 2.05) is 5.43 Å². The second-order valence-electron chi connectivity index (χ2n) is 3.50. The Morgan fingerprint density at radius 1 is 1.52 bits per heavy atom. The van der Waals surface area contributed by atoms with Crippen molar-refractivity contribution in [2.45, 2.75) is 13.1 Å². The molecular weight excluding hydrogens is 313 g/mol. The number of nitrogens with one attached hydrogen (secondary N) is 2. The van der Waals surface area contributed by atoms with Crippen LogP contribution in [-0.2, 0) is 11.0 Å². The first-order chi connectivity index (χ1) is 9.55. The Balaban J connectivity index is 0.000000885. The summed E-state index contributed by atoms with van der Waals surface area (Å²) in [7, 11) is 0. The van der Waals surface area contributed by atoms with E-state index in [4.69, 9.17) is 32.6 Å². The average Bonchev–Trinajstić information content (AvgIpc) is 2.28. The topological polar surface area (TPSA) is 112 Å². The number of nitrogens with two attached hydrogens (primary N) is 1. The molecule has 0 heterocycles. The predicted octanol–water partition coefficient (Wildman–Crippen LogP) is 2.27. The Morgan fingerprint density at radius 2 is 2.05 bits per heavy atom. The van der Waals surface area contributed by atoms with Crippen molar-refractivity contribution in [1.29, 1.82) is 5.41 Å². The van der Waals surface area contributed by atoms with Gasteiger partial charge in [-0.05, 0) is 12.1 Å². The van der Waals surface area contributed by atoms with Crippen LogP contribution in [0.15, 0.2) is 23.3 Å². The maximum atomic E-state index is 12.6. The van der Waals surface area contributed by atoms with Crippen LogP contribution in [0.4, 0.5) is 13.2 Å². The van der Waals surface area contributed by atoms with Gasteiger partial charge in [0.15, 0.2) is 0 Å². The van der Waals surface area contributed by atoms with Gasteiger partial charge in [0.1, 0.15) is 0 Å². The smallest absolute Gasteiger partial charge is 0.417 e. The number of nitrogens with zero attached hydrogens (tertiary/aromatic N) is 1. The molecule has 5 N–H and O–H groups in total. The molecule has 21 heavy (non-hydrogen) atoms. The number of hydrogen-bond donors (Lipinski definition) is 4. The summed E-state index contributed by atoms with van der Waals surface area (Å²) in [6.45, 7) is 1.08. The SMILES string of the molecule is CC(=O)O.N=C(N)N/N=C/c1c(Cl)cccc1C(F)(F)F. The molecule has 0 radical (unpaired) electrons. The van der Waals surface area contributed by atoms with Crippen LogP contribution in [0.3, 0.4) is 0 Å². The summed E-state index contributed by atoms with van der Waals surface area (Å²) in [4.78, 5) is 9.00. The van der Waals surface area contributed by atoms with Crippen LogP contribution in [0, 0.1) is 5.41 Å². The Hall–Kier alpha value is -2.29. The number of aliphatic carboxylic acids is 1. The third kappa shape index (κ3) is 7.78. The number of rotatable bonds is 2. The quantitative estimate of drug-likeness (QED) is 0.380. The van der Waals surface area contributed by atoms with Gasteiger partial charge in [-0.3, -0.25) is 10.2 Å². The van der Waals surface area contributed by atoms with E-state index in [-0.39, 0.29) is 10.6 Å². The van der Waals surface area contributed by atoms with Gasteiger partial charge in [-0.15, -0.1) is 0 Å². The fourth-order valence-corrected chi connectivity index (χ4v) is 1.31. The maximum Gasteiger partial charge on any atom is 0.417 e. The third-order valence-electron chi connectivity index (χ3n) is 1.74. The molecule has 0 aliphatic rings. The van der Waals surface area contributed by atoms with E-state index in [0.717, 1.165) is 19.2 Å². The van der Waals surface area contributed by atoms with Crippen molar-refractivity contribution >= 4 is 29.7 Å². The van der Waals surface area contributed by atoms with E-state index >= 15 is 0 Å². The highest BCUT2D eigenvalue weighted by Gasteiger charge is 2.33. The molecule has 1 aromatic rings. The standard InChI is InChI=1S/C9H8ClF3N4.C2H4O2/c10-7-3-1-2-6(9(11,12)13)5(7)4-16-17-8(14)15;1-2(3)4/h1-4H,(H4,14,15,17);1H3,(H,3,4)/b16-4+;. The molecule has 1 rings (SSSR count). The predicted molar refractivity (Wildman–Crippen MR) is 72.4 cm³/mol. The van der Waals surface area contributed by atoms with Crippen LogP contribution in [0.1, 0.15) is 18.1 Å². The molecule has 0 saturated heterocycles. The second-order valence-corrected chi connectivity index (χ2v) is 3.91. The molecule has 1 aromatic carbocycles. The monoisotopic (exact) mass is 324 g/mol. The van der Waals surface area contributed by atoms with E-state index in [1.54, 1.807) is 0 Å². The van der Waals surface area contributed by atoms with E-state index in [9.17, 15) is 13.2 Å². The molecule has 0 fully saturated rings. The number of carbonyl (C=O) groups is 1. The van der Waals surface area contributed by atoms with Gasteiger partial charge in [-0.2, -0.15) is 18.3 Å². The molecule has 0 aliphatic heterocycles. The molecule has 116 valence electrons. The number of halogens is 4. The van der Waals surface area contributed by atoms with Crippen molar-refractivity contribution in [3.63, 3.8) is 0 Å². The van der Waals surface area contributed by atoms with Gasteiger partial charge in [0, 0.05) is 12.5 Å². The highest BCUT2D eigenvalue weighted by Crippen LogP contribution is 2.33. The molecule has 0 unspecified atom stereocenters. The Labute approximate surface area is 122 Å². The molecular formula is C11H12ClF3N4O2. The molecule has 10 heteroatoms. The summed E-state index contributed by atoms with van der Waals surface area (Å²) in [5.74, 6) is -1.32. The Bertz CT molecular complexity index is 543. The number of hydrazone groups is 1. The van der Waals surface area contributed by atoms with Crippen molar-refractivity contribution in [2.24, 2.45) is 10.8 Å². The van der Waals surface area contributed by atoms with Crippen molar-refractivity contribution in [2.75, 3.05) is 0 Å². The van der Waals surface area contributed by atoms with Crippen LogP contribution in [-0.4, -0.2) is 23.2 Å². The summed E-state index contributed by atoms with van der Waals surface area (Å²) >= 11 is 5.65. The van der Waals surface area contributed by atoms with Gasteiger partial charge in [0.2, 0.25) is 5.96 Å². The van der Waals surface area contributed by atoms with Crippen LogP contribution >= 0.6 is 11.6 Å². The van der Waals surface area contributed by atoms with Crippen molar-refractivity contribution in [1.82, 2.24) is 5.43 Å². The lowest BCUT2D eigenvalue weighted by Crippen LogP contribution is -2.25. The zero-order chi connectivity index (χ0) is 16.6. The minimum Gasteiger partial charge on any atom is -0.481 e. The number of benzene rings is 1. The summed E-state index contributed by atoms with van der Waals surface area (Å²) in [6, 6.07) is 3.40. The van der Waals surface area contributed by atoms with Gasteiger partial charge in [-0.1, -0.05) is 17.7 Å². The maximum absolute atomic E-state index is 12.6. The van der Waals surface area contributed by atoms with Crippen molar-refractivity contribution in [3.8, 4) is 0 Å². The highest BCUT2D eigenvalue weighted by atomic mass is 35.5. The highest BCUT2D eigenvalue weighted by molar-refractivity contribution is 6.33. The number of carboxylic acids is 1. The molecule has 0 spiro atoms. The fourth-order valence-electron chi connectivity index (χ4n) is 1.08. The number of hydrogen-bond acceptors (Lipinski definition) is 3. The Kier molecular flexibility index (Phi) is 7.22. The van der Waals surface area contributed by atoms with Crippen LogP contribution in [0.25, 0.3) is 0 Å². The first-order valence-electron chi connectivity index (χ1n) is 5.24. The van der Waals surface area contributed by atoms with E-state index in [2.05, 4.69) is 5.10 Å². The molecule has 0 atom stereocenters. The largest absolute Gasteiger partial charge is 0.481 e. The zero-order valence-corrected chi connectivity index (χ0v) is 11.5. The first-order valence-corrected chi connectivity index (χ1v) is 5.61. The van der Waals surface area contributed by atoms with Crippen LogP contribution < -0.4 is 11.2 Å². The molecule has 0 bridgehead atoms. The molecule has 0 aromatic heterocycles. The van der Waals surface area contributed by atoms with Gasteiger partial charge in [-0.25, -0.2) is 5.43 Å². The van der Waals surface area contributed by atoms with Gasteiger partial charge in [0.05, 0.1) is 16.8 Å². The summed E-state index contributed by atoms with van der Waals surface area (Å²) in [6.07, 6.45) is -3.66. The summed E-state index contributed by atoms with van der Waals surface area (Å²) in [5.41, 5.74) is 5.74. The van der Waals surface area contributed by atoms with E-state index in [0.29, 0.717) is 0 Å². The summed E-state index contributed by atoms with van der Waals surface area (Å²) in [5, 5.41) is 17.5. The summed E-state index contributed by atoms with van der Waals surface area (Å²) < 4.78 is 37.8. The lowest BCUT2D eigenvalue weighted by molar-refractivity contribution is -0.137. The number of carboxylic acid groups (broad SMARTS) is 1. The van der Waals surface area contributed by atoms with Gasteiger partial charge >= 0.3 is 6.18 Å². The number of alkyl halides is 3. The third-order valence-corrected chi connectivity index (χ3v) is 2.07. The minimum atomic E-state index is -4.53. The van der Waals surface area contributed by atoms with Crippen LogP contribution in [0.2, 0.25) is 5.02 Å². The lowest BCUT2D eigenvalue weighted by Gasteiger charge is -2.10. The molecule has 0 saturated carbocycles. The normalized spacial score (nSPS) is 10.7. The Morgan fingerprint density at radius 3 is 2.48 bits per heavy atom. The molecule has 0 amide bonds. The van der Waals surface area contributed by atoms with Crippen molar-refractivity contribution < 1.29 is 23.1 Å². The zero-order valence-electron chi connectivity index (χ0n) is 10.7. The fraction of sp³-hybridized carbons (Fsp3) is 0.182. The minimum absolute atomic E-state index is 0.0890. The van der Waals surface area contributed by atoms with E-state index < -0.39 is 23.7 Å². The van der Waals surface area contributed by atoms with E-state index in [1.165, 1.54) is 12.1 Å². The number of guanidine groups is 1. The van der Waals surface area contributed by atoms with Crippen molar-refractivity contribution in [3.05, 3.63) is 34.3 Å². The molecule has 0 aliphatic carbocycles. The average molecular weight is 325 g/mol. The second kappa shape index (κ2) is 8.10. The lowest BCUT2D eigenvalue weighted by atomic mass is 10.1. The first kappa shape index (κ1) is 18.7. The van der Waals surface area contributed by atoms with Gasteiger partial charge < -0.3 is 10.8 Å². The van der Waals surface area contributed by atoms with Gasteiger partial charge in [0.25, 0.3) is 5.97 Å². The molecule has 6 nitrogen and oxygen atoms in total. The van der Waals surface area contributed by atoms with Crippen LogP contribution in [0.5, 0.6) is 0 Å².